The van der Waals surface area contributed by atoms with Gasteiger partial charge in [-0.2, -0.15) is 0 Å². The number of halogens is 2. The van der Waals surface area contributed by atoms with E-state index in [0.717, 1.165) is 22.8 Å². The summed E-state index contributed by atoms with van der Waals surface area (Å²) in [5.74, 6) is -1.51. The van der Waals surface area contributed by atoms with Crippen molar-refractivity contribution in [3.63, 3.8) is 0 Å². The molecule has 1 N–H and O–H groups in total. The molecule has 1 aromatic carbocycles. The third-order valence-electron chi connectivity index (χ3n) is 2.21. The summed E-state index contributed by atoms with van der Waals surface area (Å²) in [6.07, 6.45) is 0. The Balaban J connectivity index is 1.95. The van der Waals surface area contributed by atoms with Crippen molar-refractivity contribution in [1.29, 1.82) is 0 Å². The Morgan fingerprint density at radius 3 is 2.89 bits per heavy atom. The molecule has 3 nitrogen and oxygen atoms in total. The summed E-state index contributed by atoms with van der Waals surface area (Å²) in [5.41, 5.74) is 0.773. The van der Waals surface area contributed by atoms with Crippen molar-refractivity contribution in [3.8, 4) is 5.75 Å². The first-order valence-electron chi connectivity index (χ1n) is 5.35. The molecular formula is C12H12F2N2OS. The highest BCUT2D eigenvalue weighted by atomic mass is 32.1. The number of nitrogens with zero attached hydrogens (tertiary/aromatic N) is 1. The van der Waals surface area contributed by atoms with Gasteiger partial charge in [-0.05, 0) is 19.2 Å². The highest BCUT2D eigenvalue weighted by Gasteiger charge is 2.05. The molecule has 0 unspecified atom stereocenters. The number of rotatable bonds is 5. The normalized spacial score (nSPS) is 10.6. The van der Waals surface area contributed by atoms with Crippen LogP contribution >= 0.6 is 11.3 Å². The molecule has 1 heterocycles. The minimum Gasteiger partial charge on any atom is -0.487 e. The van der Waals surface area contributed by atoms with Crippen LogP contribution in [-0.2, 0) is 13.2 Å². The third-order valence-corrected chi connectivity index (χ3v) is 3.10. The first-order valence-corrected chi connectivity index (χ1v) is 6.22. The molecule has 2 rings (SSSR count). The Labute approximate surface area is 107 Å². The molecule has 0 amide bonds. The summed E-state index contributed by atoms with van der Waals surface area (Å²) in [5, 5.41) is 5.84. The summed E-state index contributed by atoms with van der Waals surface area (Å²) >= 11 is 1.53. The van der Waals surface area contributed by atoms with Crippen LogP contribution < -0.4 is 10.1 Å². The van der Waals surface area contributed by atoms with E-state index in [1.54, 1.807) is 0 Å². The van der Waals surface area contributed by atoms with Crippen LogP contribution in [0.3, 0.4) is 0 Å². The molecule has 0 fully saturated rings. The Hall–Kier alpha value is -1.53. The quantitative estimate of drug-likeness (QED) is 0.907. The van der Waals surface area contributed by atoms with Crippen LogP contribution in [-0.4, -0.2) is 12.0 Å². The molecule has 96 valence electrons. The lowest BCUT2D eigenvalue weighted by Crippen LogP contribution is -2.05. The minimum atomic E-state index is -0.915. The van der Waals surface area contributed by atoms with Gasteiger partial charge in [0, 0.05) is 18.0 Å². The number of ether oxygens (including phenoxy) is 1. The second-order valence-corrected chi connectivity index (χ2v) is 4.57. The Kier molecular flexibility index (Phi) is 4.22. The number of benzene rings is 1. The average molecular weight is 270 g/mol. The molecule has 0 aliphatic rings. The third kappa shape index (κ3) is 3.24. The van der Waals surface area contributed by atoms with Crippen LogP contribution in [0.4, 0.5) is 8.78 Å². The van der Waals surface area contributed by atoms with Gasteiger partial charge < -0.3 is 10.1 Å². The SMILES string of the molecule is CNCc1nc(COc2ccc(F)c(F)c2)cs1. The molecule has 0 spiro atoms. The molecule has 0 aliphatic carbocycles. The number of hydrogen-bond donors (Lipinski definition) is 1. The number of aromatic nitrogens is 1. The maximum atomic E-state index is 12.9. The molecule has 0 aliphatic heterocycles. The van der Waals surface area contributed by atoms with Gasteiger partial charge in [0.15, 0.2) is 11.6 Å². The molecule has 2 aromatic rings. The van der Waals surface area contributed by atoms with Crippen LogP contribution in [0.5, 0.6) is 5.75 Å². The zero-order valence-corrected chi connectivity index (χ0v) is 10.6. The van der Waals surface area contributed by atoms with E-state index in [0.29, 0.717) is 6.54 Å². The largest absolute Gasteiger partial charge is 0.487 e. The van der Waals surface area contributed by atoms with Crippen molar-refractivity contribution in [1.82, 2.24) is 10.3 Å². The van der Waals surface area contributed by atoms with Crippen molar-refractivity contribution in [3.05, 3.63) is 45.9 Å². The zero-order valence-electron chi connectivity index (χ0n) is 9.74. The monoisotopic (exact) mass is 270 g/mol. The van der Waals surface area contributed by atoms with Gasteiger partial charge in [-0.25, -0.2) is 13.8 Å². The molecule has 6 heteroatoms. The van der Waals surface area contributed by atoms with Gasteiger partial charge in [-0.3, -0.25) is 0 Å². The first-order chi connectivity index (χ1) is 8.69. The Bertz CT molecular complexity index is 531. The van der Waals surface area contributed by atoms with Crippen molar-refractivity contribution in [2.45, 2.75) is 13.2 Å². The predicted octanol–water partition coefficient (Wildman–Crippen LogP) is 2.72. The van der Waals surface area contributed by atoms with E-state index in [-0.39, 0.29) is 12.4 Å². The molecule has 0 saturated carbocycles. The van der Waals surface area contributed by atoms with Gasteiger partial charge in [0.05, 0.1) is 5.69 Å². The average Bonchev–Trinajstić information content (AvgIpc) is 2.79. The van der Waals surface area contributed by atoms with E-state index >= 15 is 0 Å². The smallest absolute Gasteiger partial charge is 0.162 e. The highest BCUT2D eigenvalue weighted by molar-refractivity contribution is 7.09. The summed E-state index contributed by atoms with van der Waals surface area (Å²) < 4.78 is 31.0. The summed E-state index contributed by atoms with van der Waals surface area (Å²) in [6, 6.07) is 3.45. The van der Waals surface area contributed by atoms with Gasteiger partial charge >= 0.3 is 0 Å². The fourth-order valence-electron chi connectivity index (χ4n) is 1.37. The van der Waals surface area contributed by atoms with E-state index in [9.17, 15) is 8.78 Å². The molecule has 0 radical (unpaired) electrons. The van der Waals surface area contributed by atoms with Gasteiger partial charge in [0.1, 0.15) is 17.4 Å². The van der Waals surface area contributed by atoms with E-state index < -0.39 is 11.6 Å². The van der Waals surface area contributed by atoms with E-state index in [1.807, 2.05) is 12.4 Å². The number of thiazole rings is 1. The van der Waals surface area contributed by atoms with Gasteiger partial charge in [-0.15, -0.1) is 11.3 Å². The Morgan fingerprint density at radius 2 is 2.17 bits per heavy atom. The summed E-state index contributed by atoms with van der Waals surface area (Å²) in [4.78, 5) is 4.32. The second kappa shape index (κ2) is 5.88. The highest BCUT2D eigenvalue weighted by Crippen LogP contribution is 2.17. The minimum absolute atomic E-state index is 0.241. The van der Waals surface area contributed by atoms with Crippen molar-refractivity contribution >= 4 is 11.3 Å². The molecule has 0 atom stereocenters. The van der Waals surface area contributed by atoms with E-state index in [1.165, 1.54) is 17.4 Å². The van der Waals surface area contributed by atoms with Crippen molar-refractivity contribution in [2.75, 3.05) is 7.05 Å². The van der Waals surface area contributed by atoms with Crippen LogP contribution in [0.1, 0.15) is 10.7 Å². The van der Waals surface area contributed by atoms with E-state index in [4.69, 9.17) is 4.74 Å². The van der Waals surface area contributed by atoms with Crippen LogP contribution in [0.2, 0.25) is 0 Å². The van der Waals surface area contributed by atoms with Gasteiger partial charge in [0.2, 0.25) is 0 Å². The zero-order chi connectivity index (χ0) is 13.0. The van der Waals surface area contributed by atoms with Gasteiger partial charge in [0.25, 0.3) is 0 Å². The van der Waals surface area contributed by atoms with Crippen molar-refractivity contribution < 1.29 is 13.5 Å². The molecule has 0 bridgehead atoms. The predicted molar refractivity (Wildman–Crippen MR) is 65.6 cm³/mol. The van der Waals surface area contributed by atoms with Crippen LogP contribution in [0, 0.1) is 11.6 Å². The topological polar surface area (TPSA) is 34.2 Å². The lowest BCUT2D eigenvalue weighted by atomic mass is 10.3. The molecule has 0 saturated heterocycles. The fourth-order valence-corrected chi connectivity index (χ4v) is 2.16. The maximum Gasteiger partial charge on any atom is 0.162 e. The van der Waals surface area contributed by atoms with Crippen molar-refractivity contribution in [2.24, 2.45) is 0 Å². The van der Waals surface area contributed by atoms with Gasteiger partial charge in [-0.1, -0.05) is 0 Å². The standard InChI is InChI=1S/C12H12F2N2OS/c1-15-5-12-16-8(7-18-12)6-17-9-2-3-10(13)11(14)4-9/h2-4,7,15H,5-6H2,1H3. The maximum absolute atomic E-state index is 12.9. The Morgan fingerprint density at radius 1 is 1.33 bits per heavy atom. The lowest BCUT2D eigenvalue weighted by molar-refractivity contribution is 0.299. The molecule has 1 aromatic heterocycles. The summed E-state index contributed by atoms with van der Waals surface area (Å²) in [6.45, 7) is 0.946. The first kappa shape index (κ1) is 12.9. The summed E-state index contributed by atoms with van der Waals surface area (Å²) in [7, 11) is 1.85. The fraction of sp³-hybridized carbons (Fsp3) is 0.250. The molecule has 18 heavy (non-hydrogen) atoms. The number of nitrogens with one attached hydrogen (secondary N) is 1. The van der Waals surface area contributed by atoms with Crippen LogP contribution in [0.15, 0.2) is 23.6 Å². The second-order valence-electron chi connectivity index (χ2n) is 3.63. The number of hydrogen-bond acceptors (Lipinski definition) is 4. The lowest BCUT2D eigenvalue weighted by Gasteiger charge is -2.04. The van der Waals surface area contributed by atoms with Crippen LogP contribution in [0.25, 0.3) is 0 Å². The van der Waals surface area contributed by atoms with E-state index in [2.05, 4.69) is 10.3 Å². The molecular weight excluding hydrogens is 258 g/mol.